The lowest BCUT2D eigenvalue weighted by molar-refractivity contribution is -0.115. The van der Waals surface area contributed by atoms with Crippen LogP contribution in [0, 0.1) is 0 Å². The number of nitrogens with one attached hydrogen (secondary N) is 2. The van der Waals surface area contributed by atoms with Crippen molar-refractivity contribution in [2.75, 3.05) is 38.7 Å². The molecule has 0 bridgehead atoms. The number of anilines is 1. The molecule has 0 aliphatic heterocycles. The molecule has 7 heteroatoms. The third kappa shape index (κ3) is 6.96. The normalized spacial score (nSPS) is 9.75. The maximum Gasteiger partial charge on any atom is 0.238 e. The van der Waals surface area contributed by atoms with Crippen molar-refractivity contribution in [3.8, 4) is 5.75 Å². The van der Waals surface area contributed by atoms with E-state index in [1.807, 2.05) is 6.92 Å². The number of halogens is 2. The van der Waals surface area contributed by atoms with Crippen LogP contribution in [-0.2, 0) is 9.53 Å². The molecule has 20 heavy (non-hydrogen) atoms. The second kappa shape index (κ2) is 10.7. The second-order valence-electron chi connectivity index (χ2n) is 3.76. The highest BCUT2D eigenvalue weighted by atomic mass is 35.5. The molecule has 0 aliphatic rings. The monoisotopic (exact) mass is 322 g/mol. The van der Waals surface area contributed by atoms with Gasteiger partial charge in [0.25, 0.3) is 0 Å². The van der Waals surface area contributed by atoms with Crippen LogP contribution in [0.2, 0.25) is 5.02 Å². The fourth-order valence-electron chi connectivity index (χ4n) is 1.44. The summed E-state index contributed by atoms with van der Waals surface area (Å²) in [5.41, 5.74) is 0.559. The van der Waals surface area contributed by atoms with Gasteiger partial charge in [0.05, 0.1) is 18.8 Å². The molecule has 0 radical (unpaired) electrons. The number of ether oxygens (including phenoxy) is 2. The molecule has 0 atom stereocenters. The van der Waals surface area contributed by atoms with Crippen LogP contribution >= 0.6 is 24.0 Å². The van der Waals surface area contributed by atoms with E-state index in [1.54, 1.807) is 25.2 Å². The fourth-order valence-corrected chi connectivity index (χ4v) is 1.61. The van der Waals surface area contributed by atoms with Crippen molar-refractivity contribution in [2.24, 2.45) is 0 Å². The Kier molecular flexibility index (Phi) is 10.2. The van der Waals surface area contributed by atoms with Crippen molar-refractivity contribution in [2.45, 2.75) is 6.92 Å². The predicted molar refractivity (Wildman–Crippen MR) is 83.2 cm³/mol. The topological polar surface area (TPSA) is 59.6 Å². The summed E-state index contributed by atoms with van der Waals surface area (Å²) in [6.07, 6.45) is 0. The van der Waals surface area contributed by atoms with Gasteiger partial charge in [-0.25, -0.2) is 0 Å². The minimum absolute atomic E-state index is 0. The van der Waals surface area contributed by atoms with Crippen LogP contribution in [0.5, 0.6) is 5.75 Å². The van der Waals surface area contributed by atoms with Crippen molar-refractivity contribution in [1.82, 2.24) is 5.32 Å². The van der Waals surface area contributed by atoms with Gasteiger partial charge >= 0.3 is 0 Å². The van der Waals surface area contributed by atoms with Crippen LogP contribution in [0.1, 0.15) is 6.92 Å². The Morgan fingerprint density at radius 2 is 2.10 bits per heavy atom. The van der Waals surface area contributed by atoms with E-state index in [0.29, 0.717) is 36.3 Å². The van der Waals surface area contributed by atoms with Crippen LogP contribution in [0.25, 0.3) is 0 Å². The zero-order valence-electron chi connectivity index (χ0n) is 11.6. The lowest BCUT2D eigenvalue weighted by Gasteiger charge is -2.13. The molecule has 1 aromatic rings. The third-order valence-corrected chi connectivity index (χ3v) is 2.48. The number of likely N-dealkylation sites (N-methyl/N-ethyl adjacent to an activating group) is 1. The smallest absolute Gasteiger partial charge is 0.238 e. The molecular weight excluding hydrogens is 303 g/mol. The van der Waals surface area contributed by atoms with Crippen LogP contribution < -0.4 is 15.4 Å². The van der Waals surface area contributed by atoms with Crippen molar-refractivity contribution < 1.29 is 14.3 Å². The quantitative estimate of drug-likeness (QED) is 0.721. The van der Waals surface area contributed by atoms with Crippen LogP contribution in [0.4, 0.5) is 5.69 Å². The zero-order valence-corrected chi connectivity index (χ0v) is 13.1. The molecule has 0 fully saturated rings. The Labute approximate surface area is 130 Å². The van der Waals surface area contributed by atoms with Gasteiger partial charge in [-0.2, -0.15) is 0 Å². The van der Waals surface area contributed by atoms with Gasteiger partial charge in [0.15, 0.2) is 0 Å². The number of rotatable bonds is 8. The second-order valence-corrected chi connectivity index (χ2v) is 4.20. The summed E-state index contributed by atoms with van der Waals surface area (Å²) in [5, 5.41) is 6.06. The molecule has 1 aromatic carbocycles. The Hall–Kier alpha value is -1.01. The first-order valence-corrected chi connectivity index (χ1v) is 6.49. The summed E-state index contributed by atoms with van der Waals surface area (Å²) in [4.78, 5) is 11.6. The van der Waals surface area contributed by atoms with Gasteiger partial charge in [0, 0.05) is 11.6 Å². The average molecular weight is 323 g/mol. The number of benzene rings is 1. The van der Waals surface area contributed by atoms with Crippen molar-refractivity contribution in [1.29, 1.82) is 0 Å². The van der Waals surface area contributed by atoms with Crippen molar-refractivity contribution >= 4 is 35.6 Å². The lowest BCUT2D eigenvalue weighted by atomic mass is 10.3. The highest BCUT2D eigenvalue weighted by Gasteiger charge is 2.08. The molecule has 0 aromatic heterocycles. The van der Waals surface area contributed by atoms with Gasteiger partial charge in [-0.3, -0.25) is 4.79 Å². The van der Waals surface area contributed by atoms with Gasteiger partial charge in [0.1, 0.15) is 12.4 Å². The predicted octanol–water partition coefficient (Wildman–Crippen LogP) is 2.34. The summed E-state index contributed by atoms with van der Waals surface area (Å²) in [5.74, 6) is 0.424. The van der Waals surface area contributed by atoms with Crippen LogP contribution in [0.3, 0.4) is 0 Å². The number of carbonyl (C=O) groups is 1. The standard InChI is InChI=1S/C13H19ClN2O3.ClH/c1-3-18-6-7-19-12-5-4-10(14)8-11(12)16-13(17)9-15-2;/h4-5,8,15H,3,6-7,9H2,1-2H3,(H,16,17);1H. The summed E-state index contributed by atoms with van der Waals surface area (Å²) >= 11 is 5.91. The zero-order chi connectivity index (χ0) is 14.1. The maximum absolute atomic E-state index is 11.6. The van der Waals surface area contributed by atoms with E-state index >= 15 is 0 Å². The molecule has 0 spiro atoms. The summed E-state index contributed by atoms with van der Waals surface area (Å²) in [6, 6.07) is 5.10. The summed E-state index contributed by atoms with van der Waals surface area (Å²) in [6.45, 7) is 3.72. The maximum atomic E-state index is 11.6. The van der Waals surface area contributed by atoms with E-state index in [-0.39, 0.29) is 24.9 Å². The number of amides is 1. The van der Waals surface area contributed by atoms with Gasteiger partial charge in [0.2, 0.25) is 5.91 Å². The first-order chi connectivity index (χ1) is 9.17. The minimum atomic E-state index is -0.153. The molecule has 0 saturated carbocycles. The van der Waals surface area contributed by atoms with E-state index in [1.165, 1.54) is 0 Å². The number of carbonyl (C=O) groups excluding carboxylic acids is 1. The molecule has 1 amide bonds. The SMILES string of the molecule is CCOCCOc1ccc(Cl)cc1NC(=O)CNC.Cl. The molecule has 0 aliphatic carbocycles. The third-order valence-electron chi connectivity index (χ3n) is 2.24. The molecule has 0 heterocycles. The first-order valence-electron chi connectivity index (χ1n) is 6.12. The van der Waals surface area contributed by atoms with Gasteiger partial charge in [-0.1, -0.05) is 11.6 Å². The highest BCUT2D eigenvalue weighted by Crippen LogP contribution is 2.27. The van der Waals surface area contributed by atoms with Crippen molar-refractivity contribution in [3.05, 3.63) is 23.2 Å². The Bertz CT molecular complexity index is 417. The van der Waals surface area contributed by atoms with Crippen LogP contribution in [-0.4, -0.2) is 39.3 Å². The van der Waals surface area contributed by atoms with E-state index in [0.717, 1.165) is 0 Å². The molecule has 5 nitrogen and oxygen atoms in total. The first kappa shape index (κ1) is 19.0. The summed E-state index contributed by atoms with van der Waals surface area (Å²) < 4.78 is 10.7. The van der Waals surface area contributed by atoms with Gasteiger partial charge in [-0.05, 0) is 32.2 Å². The molecular formula is C13H20Cl2N2O3. The Morgan fingerprint density at radius 1 is 1.35 bits per heavy atom. The average Bonchev–Trinajstić information content (AvgIpc) is 2.37. The molecule has 1 rings (SSSR count). The molecule has 0 saturated heterocycles. The fraction of sp³-hybridized carbons (Fsp3) is 0.462. The van der Waals surface area contributed by atoms with Gasteiger partial charge in [-0.15, -0.1) is 12.4 Å². The van der Waals surface area contributed by atoms with Crippen molar-refractivity contribution in [3.63, 3.8) is 0 Å². The Morgan fingerprint density at radius 3 is 2.75 bits per heavy atom. The van der Waals surface area contributed by atoms with Crippen LogP contribution in [0.15, 0.2) is 18.2 Å². The van der Waals surface area contributed by atoms with E-state index in [9.17, 15) is 4.79 Å². The number of hydrogen-bond donors (Lipinski definition) is 2. The molecule has 114 valence electrons. The number of hydrogen-bond acceptors (Lipinski definition) is 4. The van der Waals surface area contributed by atoms with Gasteiger partial charge < -0.3 is 20.1 Å². The molecule has 2 N–H and O–H groups in total. The minimum Gasteiger partial charge on any atom is -0.489 e. The largest absolute Gasteiger partial charge is 0.489 e. The Balaban J connectivity index is 0.00000361. The van der Waals surface area contributed by atoms with E-state index in [4.69, 9.17) is 21.1 Å². The lowest BCUT2D eigenvalue weighted by Crippen LogP contribution is -2.25. The van der Waals surface area contributed by atoms with E-state index in [2.05, 4.69) is 10.6 Å². The summed E-state index contributed by atoms with van der Waals surface area (Å²) in [7, 11) is 1.71. The molecule has 0 unspecified atom stereocenters. The highest BCUT2D eigenvalue weighted by molar-refractivity contribution is 6.31. The van der Waals surface area contributed by atoms with E-state index < -0.39 is 0 Å².